The van der Waals surface area contributed by atoms with Crippen LogP contribution in [-0.4, -0.2) is 17.7 Å². The molecule has 0 saturated carbocycles. The van der Waals surface area contributed by atoms with Gasteiger partial charge >= 0.3 is 5.97 Å². The van der Waals surface area contributed by atoms with E-state index in [4.69, 9.17) is 9.84 Å². The second-order valence-corrected chi connectivity index (χ2v) is 7.75. The van der Waals surface area contributed by atoms with Crippen LogP contribution in [0.15, 0.2) is 12.1 Å². The van der Waals surface area contributed by atoms with E-state index in [0.29, 0.717) is 0 Å². The summed E-state index contributed by atoms with van der Waals surface area (Å²) in [6, 6.07) is 4.01. The third-order valence-electron chi connectivity index (χ3n) is 2.12. The molecule has 6 heteroatoms. The Hall–Kier alpha value is 0.680. The number of carboxylic acid groups (broad SMARTS) is 1. The lowest BCUT2D eigenvalue weighted by Gasteiger charge is -2.20. The van der Waals surface area contributed by atoms with Crippen LogP contribution in [0.5, 0.6) is 5.75 Å². The number of hydrogen-bond acceptors (Lipinski definition) is 2. The molecule has 1 aromatic rings. The maximum Gasteiger partial charge on any atom is 0.312 e. The second kappa shape index (κ2) is 6.22. The molecule has 3 nitrogen and oxygen atoms in total. The maximum atomic E-state index is 11.0. The fourth-order valence-electron chi connectivity index (χ4n) is 0.981. The minimum absolute atomic E-state index is 0.162. The Balaban J connectivity index is 2.87. The van der Waals surface area contributed by atoms with Crippen LogP contribution in [0.3, 0.4) is 0 Å². The van der Waals surface area contributed by atoms with Gasteiger partial charge in [0.05, 0.1) is 12.6 Å². The van der Waals surface area contributed by atoms with E-state index in [1.807, 2.05) is 12.1 Å². The SMILES string of the molecule is CC(C)(COc1c(I)cc(I)cc1I)C(=O)O. The van der Waals surface area contributed by atoms with Gasteiger partial charge < -0.3 is 9.84 Å². The summed E-state index contributed by atoms with van der Waals surface area (Å²) in [5, 5.41) is 9.02. The molecule has 0 spiro atoms. The van der Waals surface area contributed by atoms with Gasteiger partial charge in [-0.3, -0.25) is 4.79 Å². The largest absolute Gasteiger partial charge is 0.490 e. The van der Waals surface area contributed by atoms with Crippen molar-refractivity contribution < 1.29 is 14.6 Å². The molecular weight excluding hydrogens is 561 g/mol. The molecule has 0 aliphatic rings. The van der Waals surface area contributed by atoms with Crippen LogP contribution in [0.25, 0.3) is 0 Å². The normalized spacial score (nSPS) is 11.4. The van der Waals surface area contributed by atoms with Gasteiger partial charge in [0.1, 0.15) is 12.4 Å². The van der Waals surface area contributed by atoms with Gasteiger partial charge in [-0.05, 0) is 93.8 Å². The van der Waals surface area contributed by atoms with E-state index >= 15 is 0 Å². The highest BCUT2D eigenvalue weighted by atomic mass is 127. The summed E-state index contributed by atoms with van der Waals surface area (Å²) in [7, 11) is 0. The Morgan fingerprint density at radius 2 is 1.76 bits per heavy atom. The van der Waals surface area contributed by atoms with Crippen molar-refractivity contribution >= 4 is 73.7 Å². The molecule has 0 radical (unpaired) electrons. The minimum Gasteiger partial charge on any atom is -0.490 e. The van der Waals surface area contributed by atoms with E-state index in [-0.39, 0.29) is 6.61 Å². The third-order valence-corrected chi connectivity index (χ3v) is 4.34. The number of aliphatic carboxylic acids is 1. The molecule has 0 saturated heterocycles. The molecule has 0 aliphatic heterocycles. The van der Waals surface area contributed by atoms with Crippen molar-refractivity contribution in [3.8, 4) is 5.75 Å². The van der Waals surface area contributed by atoms with E-state index in [9.17, 15) is 4.79 Å². The Kier molecular flexibility index (Phi) is 5.76. The van der Waals surface area contributed by atoms with E-state index in [1.165, 1.54) is 0 Å². The number of rotatable bonds is 4. The fraction of sp³-hybridized carbons (Fsp3) is 0.364. The maximum absolute atomic E-state index is 11.0. The van der Waals surface area contributed by atoms with Crippen LogP contribution in [-0.2, 0) is 4.79 Å². The third kappa shape index (κ3) is 4.37. The molecule has 17 heavy (non-hydrogen) atoms. The second-order valence-electron chi connectivity index (χ2n) is 4.18. The van der Waals surface area contributed by atoms with Gasteiger partial charge in [0.15, 0.2) is 0 Å². The van der Waals surface area contributed by atoms with E-state index in [1.54, 1.807) is 13.8 Å². The lowest BCUT2D eigenvalue weighted by molar-refractivity contribution is -0.148. The van der Waals surface area contributed by atoms with Crippen molar-refractivity contribution in [2.45, 2.75) is 13.8 Å². The number of carbonyl (C=O) groups is 1. The monoisotopic (exact) mass is 572 g/mol. The highest BCUT2D eigenvalue weighted by molar-refractivity contribution is 14.1. The topological polar surface area (TPSA) is 46.5 Å². The Labute approximate surface area is 141 Å². The summed E-state index contributed by atoms with van der Waals surface area (Å²) in [5.41, 5.74) is -0.880. The first-order chi connectivity index (χ1) is 7.74. The summed E-state index contributed by atoms with van der Waals surface area (Å²) in [6.45, 7) is 3.47. The molecule has 0 atom stereocenters. The summed E-state index contributed by atoms with van der Waals surface area (Å²) in [4.78, 5) is 11.0. The van der Waals surface area contributed by atoms with Crippen LogP contribution in [0.2, 0.25) is 0 Å². The summed E-state index contributed by atoms with van der Waals surface area (Å²) >= 11 is 6.64. The summed E-state index contributed by atoms with van der Waals surface area (Å²) < 4.78 is 8.79. The van der Waals surface area contributed by atoms with Crippen LogP contribution in [0.4, 0.5) is 0 Å². The van der Waals surface area contributed by atoms with Crippen molar-refractivity contribution in [2.75, 3.05) is 6.61 Å². The molecule has 0 unspecified atom stereocenters. The van der Waals surface area contributed by atoms with E-state index in [0.717, 1.165) is 16.5 Å². The van der Waals surface area contributed by atoms with Crippen molar-refractivity contribution in [1.82, 2.24) is 0 Å². The smallest absolute Gasteiger partial charge is 0.312 e. The van der Waals surface area contributed by atoms with Crippen molar-refractivity contribution in [1.29, 1.82) is 0 Å². The van der Waals surface area contributed by atoms with E-state index < -0.39 is 11.4 Å². The van der Waals surface area contributed by atoms with Crippen molar-refractivity contribution in [3.05, 3.63) is 22.8 Å². The average molecular weight is 572 g/mol. The zero-order chi connectivity index (χ0) is 13.2. The molecule has 1 aromatic carbocycles. The first-order valence-electron chi connectivity index (χ1n) is 4.75. The standard InChI is InChI=1S/C11H11I3O3/c1-11(2,10(15)16)5-17-9-7(13)3-6(12)4-8(9)14/h3-4H,5H2,1-2H3,(H,15,16). The molecular formula is C11H11I3O3. The molecule has 1 rings (SSSR count). The zero-order valence-electron chi connectivity index (χ0n) is 9.26. The highest BCUT2D eigenvalue weighted by Gasteiger charge is 2.28. The van der Waals surface area contributed by atoms with Crippen LogP contribution >= 0.6 is 67.8 Å². The van der Waals surface area contributed by atoms with Gasteiger partial charge in [-0.25, -0.2) is 0 Å². The summed E-state index contributed by atoms with van der Waals surface area (Å²) in [5.74, 6) is -0.0889. The van der Waals surface area contributed by atoms with Gasteiger partial charge in [0.2, 0.25) is 0 Å². The predicted molar refractivity (Wildman–Crippen MR) is 91.5 cm³/mol. The Bertz CT molecular complexity index is 421. The van der Waals surface area contributed by atoms with Gasteiger partial charge in [-0.1, -0.05) is 0 Å². The quantitative estimate of drug-likeness (QED) is 0.556. The molecule has 0 aliphatic carbocycles. The molecule has 0 amide bonds. The average Bonchev–Trinajstić information content (AvgIpc) is 2.15. The molecule has 1 N–H and O–H groups in total. The Morgan fingerprint density at radius 1 is 1.29 bits per heavy atom. The minimum atomic E-state index is -0.880. The number of ether oxygens (including phenoxy) is 1. The van der Waals surface area contributed by atoms with E-state index in [2.05, 4.69) is 67.8 Å². The van der Waals surface area contributed by atoms with Crippen LogP contribution in [0, 0.1) is 16.1 Å². The van der Waals surface area contributed by atoms with Crippen LogP contribution in [0.1, 0.15) is 13.8 Å². The van der Waals surface area contributed by atoms with Gasteiger partial charge in [-0.2, -0.15) is 0 Å². The number of carboxylic acids is 1. The zero-order valence-corrected chi connectivity index (χ0v) is 15.7. The van der Waals surface area contributed by atoms with Crippen molar-refractivity contribution in [2.24, 2.45) is 5.41 Å². The number of halogens is 3. The molecule has 0 bridgehead atoms. The fourth-order valence-corrected chi connectivity index (χ4v) is 4.88. The lowest BCUT2D eigenvalue weighted by atomic mass is 9.95. The van der Waals surface area contributed by atoms with Gasteiger partial charge in [0.25, 0.3) is 0 Å². The Morgan fingerprint density at radius 3 is 2.18 bits per heavy atom. The number of hydrogen-bond donors (Lipinski definition) is 1. The lowest BCUT2D eigenvalue weighted by Crippen LogP contribution is -2.31. The molecule has 0 fully saturated rings. The molecule has 94 valence electrons. The summed E-state index contributed by atoms with van der Waals surface area (Å²) in [6.07, 6.45) is 0. The first-order valence-corrected chi connectivity index (χ1v) is 7.98. The molecule has 0 aromatic heterocycles. The van der Waals surface area contributed by atoms with Crippen LogP contribution < -0.4 is 4.74 Å². The first kappa shape index (κ1) is 15.7. The highest BCUT2D eigenvalue weighted by Crippen LogP contribution is 2.31. The van der Waals surface area contributed by atoms with Crippen molar-refractivity contribution in [3.63, 3.8) is 0 Å². The van der Waals surface area contributed by atoms with Gasteiger partial charge in [0, 0.05) is 3.57 Å². The molecule has 0 heterocycles. The predicted octanol–water partition coefficient (Wildman–Crippen LogP) is 3.99. The van der Waals surface area contributed by atoms with Gasteiger partial charge in [-0.15, -0.1) is 0 Å². The number of benzene rings is 1.